The predicted octanol–water partition coefficient (Wildman–Crippen LogP) is 3.81. The maximum atomic E-state index is 13.4. The Morgan fingerprint density at radius 3 is 2.75 bits per heavy atom. The van der Waals surface area contributed by atoms with Crippen LogP contribution in [0.25, 0.3) is 0 Å². The molecule has 1 fully saturated rings. The fraction of sp³-hybridized carbons (Fsp3) is 0.500. The molecule has 2 atom stereocenters. The second-order valence-corrected chi connectivity index (χ2v) is 5.18. The SMILES string of the molecule is CC1(c2ccccc2Br)CC(F)CCN1.Cl. The van der Waals surface area contributed by atoms with Gasteiger partial charge < -0.3 is 5.32 Å². The van der Waals surface area contributed by atoms with Gasteiger partial charge in [0.15, 0.2) is 0 Å². The lowest BCUT2D eigenvalue weighted by Gasteiger charge is -2.37. The van der Waals surface area contributed by atoms with Crippen LogP contribution < -0.4 is 5.32 Å². The first kappa shape index (κ1) is 13.9. The number of alkyl halides is 1. The molecule has 0 bridgehead atoms. The molecular formula is C12H16BrClFN. The maximum absolute atomic E-state index is 13.4. The molecule has 1 aliphatic heterocycles. The summed E-state index contributed by atoms with van der Waals surface area (Å²) in [5, 5.41) is 3.41. The standard InChI is InChI=1S/C12H15BrFN.ClH/c1-12(8-9(14)6-7-15-12)10-4-2-3-5-11(10)13;/h2-5,9,15H,6-8H2,1H3;1H. The molecule has 16 heavy (non-hydrogen) atoms. The summed E-state index contributed by atoms with van der Waals surface area (Å²) in [5.41, 5.74) is 0.907. The molecule has 1 heterocycles. The minimum Gasteiger partial charge on any atom is -0.307 e. The van der Waals surface area contributed by atoms with Crippen molar-refractivity contribution < 1.29 is 4.39 Å². The van der Waals surface area contributed by atoms with Crippen molar-refractivity contribution in [3.8, 4) is 0 Å². The van der Waals surface area contributed by atoms with Crippen LogP contribution in [0.5, 0.6) is 0 Å². The molecular weight excluding hydrogens is 292 g/mol. The molecule has 1 N–H and O–H groups in total. The number of halogens is 3. The largest absolute Gasteiger partial charge is 0.307 e. The fourth-order valence-electron chi connectivity index (χ4n) is 2.24. The van der Waals surface area contributed by atoms with E-state index in [9.17, 15) is 4.39 Å². The van der Waals surface area contributed by atoms with E-state index in [0.717, 1.165) is 16.6 Å². The zero-order valence-corrected chi connectivity index (χ0v) is 11.6. The number of piperidine rings is 1. The molecule has 0 amide bonds. The molecule has 2 rings (SSSR count). The zero-order chi connectivity index (χ0) is 10.9. The second kappa shape index (κ2) is 5.48. The monoisotopic (exact) mass is 307 g/mol. The Hall–Kier alpha value is -0.120. The van der Waals surface area contributed by atoms with Crippen molar-refractivity contribution in [1.82, 2.24) is 5.32 Å². The molecule has 0 radical (unpaired) electrons. The van der Waals surface area contributed by atoms with Crippen molar-refractivity contribution in [2.24, 2.45) is 0 Å². The molecule has 1 aromatic carbocycles. The highest BCUT2D eigenvalue weighted by molar-refractivity contribution is 9.10. The molecule has 1 aliphatic rings. The summed E-state index contributed by atoms with van der Waals surface area (Å²) in [6.07, 6.45) is 0.485. The van der Waals surface area contributed by atoms with Crippen LogP contribution in [0.2, 0.25) is 0 Å². The smallest absolute Gasteiger partial charge is 0.103 e. The molecule has 4 heteroatoms. The van der Waals surface area contributed by atoms with E-state index < -0.39 is 6.17 Å². The molecule has 90 valence electrons. The average molecular weight is 309 g/mol. The Labute approximate surface area is 110 Å². The van der Waals surface area contributed by atoms with Gasteiger partial charge in [-0.25, -0.2) is 4.39 Å². The van der Waals surface area contributed by atoms with E-state index in [2.05, 4.69) is 34.2 Å². The van der Waals surface area contributed by atoms with Gasteiger partial charge in [0, 0.05) is 16.4 Å². The first-order valence-corrected chi connectivity index (χ1v) is 6.05. The van der Waals surface area contributed by atoms with E-state index in [-0.39, 0.29) is 17.9 Å². The lowest BCUT2D eigenvalue weighted by molar-refractivity contribution is 0.164. The summed E-state index contributed by atoms with van der Waals surface area (Å²) in [6.45, 7) is 2.82. The predicted molar refractivity (Wildman–Crippen MR) is 70.9 cm³/mol. The van der Waals surface area contributed by atoms with Crippen molar-refractivity contribution in [2.45, 2.75) is 31.5 Å². The van der Waals surface area contributed by atoms with Gasteiger partial charge in [-0.1, -0.05) is 34.1 Å². The lowest BCUT2D eigenvalue weighted by atomic mass is 9.83. The van der Waals surface area contributed by atoms with Gasteiger partial charge in [-0.2, -0.15) is 0 Å². The van der Waals surface area contributed by atoms with Crippen molar-refractivity contribution in [1.29, 1.82) is 0 Å². The Morgan fingerprint density at radius 1 is 1.44 bits per heavy atom. The molecule has 2 unspecified atom stereocenters. The Morgan fingerprint density at radius 2 is 2.12 bits per heavy atom. The number of rotatable bonds is 1. The van der Waals surface area contributed by atoms with Crippen LogP contribution in [0, 0.1) is 0 Å². The van der Waals surface area contributed by atoms with Gasteiger partial charge >= 0.3 is 0 Å². The third-order valence-electron chi connectivity index (χ3n) is 3.07. The van der Waals surface area contributed by atoms with E-state index in [4.69, 9.17) is 0 Å². The molecule has 1 aromatic rings. The second-order valence-electron chi connectivity index (χ2n) is 4.33. The summed E-state index contributed by atoms with van der Waals surface area (Å²) < 4.78 is 14.5. The van der Waals surface area contributed by atoms with E-state index in [1.54, 1.807) is 0 Å². The topological polar surface area (TPSA) is 12.0 Å². The third kappa shape index (κ3) is 2.76. The third-order valence-corrected chi connectivity index (χ3v) is 3.76. The van der Waals surface area contributed by atoms with Gasteiger partial charge in [-0.15, -0.1) is 12.4 Å². The van der Waals surface area contributed by atoms with E-state index in [1.807, 2.05) is 18.2 Å². The highest BCUT2D eigenvalue weighted by Gasteiger charge is 2.34. The van der Waals surface area contributed by atoms with Crippen molar-refractivity contribution in [3.63, 3.8) is 0 Å². The van der Waals surface area contributed by atoms with Gasteiger partial charge in [0.05, 0.1) is 0 Å². The van der Waals surface area contributed by atoms with Crippen molar-refractivity contribution in [2.75, 3.05) is 6.54 Å². The number of hydrogen-bond acceptors (Lipinski definition) is 1. The van der Waals surface area contributed by atoms with Crippen LogP contribution in [-0.2, 0) is 5.54 Å². The van der Waals surface area contributed by atoms with E-state index in [0.29, 0.717) is 12.8 Å². The maximum Gasteiger partial charge on any atom is 0.103 e. The highest BCUT2D eigenvalue weighted by Crippen LogP contribution is 2.35. The van der Waals surface area contributed by atoms with Gasteiger partial charge in [0.25, 0.3) is 0 Å². The molecule has 1 saturated heterocycles. The number of nitrogens with one attached hydrogen (secondary N) is 1. The lowest BCUT2D eigenvalue weighted by Crippen LogP contribution is -2.47. The quantitative estimate of drug-likeness (QED) is 0.832. The van der Waals surface area contributed by atoms with Crippen LogP contribution >= 0.6 is 28.3 Å². The van der Waals surface area contributed by atoms with Crippen LogP contribution in [-0.4, -0.2) is 12.7 Å². The molecule has 0 aliphatic carbocycles. The van der Waals surface area contributed by atoms with E-state index >= 15 is 0 Å². The molecule has 0 aromatic heterocycles. The summed E-state index contributed by atoms with van der Waals surface area (Å²) >= 11 is 3.52. The van der Waals surface area contributed by atoms with Crippen LogP contribution in [0.15, 0.2) is 28.7 Å². The van der Waals surface area contributed by atoms with E-state index in [1.165, 1.54) is 0 Å². The number of benzene rings is 1. The minimum atomic E-state index is -0.691. The van der Waals surface area contributed by atoms with Gasteiger partial charge in [0.1, 0.15) is 6.17 Å². The van der Waals surface area contributed by atoms with Gasteiger partial charge in [0.2, 0.25) is 0 Å². The first-order valence-electron chi connectivity index (χ1n) is 5.26. The summed E-state index contributed by atoms with van der Waals surface area (Å²) in [5.74, 6) is 0. The fourth-order valence-corrected chi connectivity index (χ4v) is 2.96. The Bertz CT molecular complexity index is 361. The molecule has 0 saturated carbocycles. The van der Waals surface area contributed by atoms with Crippen molar-refractivity contribution in [3.05, 3.63) is 34.3 Å². The van der Waals surface area contributed by atoms with Gasteiger partial charge in [-0.3, -0.25) is 0 Å². The number of hydrogen-bond donors (Lipinski definition) is 1. The van der Waals surface area contributed by atoms with Crippen LogP contribution in [0.4, 0.5) is 4.39 Å². The minimum absolute atomic E-state index is 0. The summed E-state index contributed by atoms with van der Waals surface area (Å²) in [7, 11) is 0. The molecule has 0 spiro atoms. The normalized spacial score (nSPS) is 29.6. The Balaban J connectivity index is 0.00000128. The van der Waals surface area contributed by atoms with Crippen LogP contribution in [0.1, 0.15) is 25.3 Å². The Kier molecular flexibility index (Phi) is 4.77. The molecule has 1 nitrogen and oxygen atoms in total. The zero-order valence-electron chi connectivity index (χ0n) is 9.17. The highest BCUT2D eigenvalue weighted by atomic mass is 79.9. The van der Waals surface area contributed by atoms with Crippen LogP contribution in [0.3, 0.4) is 0 Å². The van der Waals surface area contributed by atoms with Gasteiger partial charge in [-0.05, 0) is 31.5 Å². The summed E-state index contributed by atoms with van der Waals surface area (Å²) in [6, 6.07) is 8.03. The summed E-state index contributed by atoms with van der Waals surface area (Å²) in [4.78, 5) is 0. The van der Waals surface area contributed by atoms with Crippen molar-refractivity contribution >= 4 is 28.3 Å². The first-order chi connectivity index (χ1) is 7.12. The average Bonchev–Trinajstić information content (AvgIpc) is 2.17.